The average Bonchev–Trinajstić information content (AvgIpc) is 3.24. The summed E-state index contributed by atoms with van der Waals surface area (Å²) in [4.78, 5) is 23.4. The van der Waals surface area contributed by atoms with E-state index in [0.717, 1.165) is 28.4 Å². The molecule has 0 fully saturated rings. The Morgan fingerprint density at radius 1 is 1.24 bits per heavy atom. The topological polar surface area (TPSA) is 46.1 Å². The summed E-state index contributed by atoms with van der Waals surface area (Å²) in [6, 6.07) is 12.3. The third kappa shape index (κ3) is 3.20. The summed E-state index contributed by atoms with van der Waals surface area (Å²) in [5.41, 5.74) is 4.37. The lowest BCUT2D eigenvalue weighted by Crippen LogP contribution is -2.35. The van der Waals surface area contributed by atoms with E-state index in [1.165, 1.54) is 5.56 Å². The van der Waals surface area contributed by atoms with Gasteiger partial charge in [-0.2, -0.15) is 0 Å². The zero-order valence-corrected chi connectivity index (χ0v) is 14.9. The third-order valence-corrected chi connectivity index (χ3v) is 5.49. The second-order valence-electron chi connectivity index (χ2n) is 6.33. The molecule has 1 unspecified atom stereocenters. The number of para-hydroxylation sites is 1. The van der Waals surface area contributed by atoms with Crippen molar-refractivity contribution in [1.29, 1.82) is 0 Å². The first-order valence-corrected chi connectivity index (χ1v) is 9.35. The first-order chi connectivity index (χ1) is 12.2. The van der Waals surface area contributed by atoms with Crippen molar-refractivity contribution in [2.75, 3.05) is 4.90 Å². The van der Waals surface area contributed by atoms with Gasteiger partial charge in [-0.1, -0.05) is 18.2 Å². The van der Waals surface area contributed by atoms with Gasteiger partial charge in [-0.25, -0.2) is 4.98 Å². The number of hydrogen-bond donors (Lipinski definition) is 0. The van der Waals surface area contributed by atoms with Crippen LogP contribution in [0, 0.1) is 0 Å². The molecule has 3 heterocycles. The Balaban J connectivity index is 1.44. The summed E-state index contributed by atoms with van der Waals surface area (Å²) in [7, 11) is 0. The minimum Gasteiger partial charge on any atom is -0.309 e. The summed E-state index contributed by atoms with van der Waals surface area (Å²) in [5.74, 6) is 0.177. The van der Waals surface area contributed by atoms with Gasteiger partial charge in [0.05, 0.1) is 5.69 Å². The highest BCUT2D eigenvalue weighted by atomic mass is 32.1. The standard InChI is InChI=1S/C20H19N3OS/c1-14-12-16-4-2-3-5-18(16)23(14)19(24)7-6-17-13-25-20(22-17)15-8-10-21-11-9-15/h2-5,8-11,13-14H,6-7,12H2,1H3. The van der Waals surface area contributed by atoms with Crippen molar-refractivity contribution in [2.45, 2.75) is 32.2 Å². The Kier molecular flexibility index (Phi) is 4.32. The predicted octanol–water partition coefficient (Wildman–Crippen LogP) is 4.12. The zero-order chi connectivity index (χ0) is 17.2. The number of fused-ring (bicyclic) bond motifs is 1. The maximum absolute atomic E-state index is 12.8. The summed E-state index contributed by atoms with van der Waals surface area (Å²) in [5, 5.41) is 3.02. The number of anilines is 1. The number of amides is 1. The molecule has 25 heavy (non-hydrogen) atoms. The van der Waals surface area contributed by atoms with E-state index in [4.69, 9.17) is 0 Å². The first kappa shape index (κ1) is 16.0. The van der Waals surface area contributed by atoms with Gasteiger partial charge in [-0.3, -0.25) is 9.78 Å². The molecule has 0 N–H and O–H groups in total. The predicted molar refractivity (Wildman–Crippen MR) is 101 cm³/mol. The van der Waals surface area contributed by atoms with Crippen LogP contribution in [0.3, 0.4) is 0 Å². The van der Waals surface area contributed by atoms with Crippen molar-refractivity contribution in [2.24, 2.45) is 0 Å². The molecule has 0 radical (unpaired) electrons. The number of benzene rings is 1. The van der Waals surface area contributed by atoms with Crippen LogP contribution in [0.5, 0.6) is 0 Å². The Morgan fingerprint density at radius 2 is 2.04 bits per heavy atom. The van der Waals surface area contributed by atoms with Crippen LogP contribution in [0.1, 0.15) is 24.6 Å². The van der Waals surface area contributed by atoms with Gasteiger partial charge in [0.15, 0.2) is 0 Å². The SMILES string of the molecule is CC1Cc2ccccc2N1C(=O)CCc1csc(-c2ccncc2)n1. The van der Waals surface area contributed by atoms with Crippen LogP contribution in [-0.2, 0) is 17.6 Å². The second kappa shape index (κ2) is 6.76. The van der Waals surface area contributed by atoms with Gasteiger partial charge in [-0.15, -0.1) is 11.3 Å². The minimum absolute atomic E-state index is 0.177. The number of pyridine rings is 1. The number of carbonyl (C=O) groups excluding carboxylic acids is 1. The molecule has 0 saturated heterocycles. The number of rotatable bonds is 4. The van der Waals surface area contributed by atoms with Crippen LogP contribution >= 0.6 is 11.3 Å². The van der Waals surface area contributed by atoms with E-state index < -0.39 is 0 Å². The molecule has 2 aromatic heterocycles. The zero-order valence-electron chi connectivity index (χ0n) is 14.1. The van der Waals surface area contributed by atoms with Crippen LogP contribution in [-0.4, -0.2) is 21.9 Å². The largest absolute Gasteiger partial charge is 0.309 e. The molecule has 0 bridgehead atoms. The second-order valence-corrected chi connectivity index (χ2v) is 7.18. The highest BCUT2D eigenvalue weighted by Crippen LogP contribution is 2.32. The van der Waals surface area contributed by atoms with E-state index in [-0.39, 0.29) is 11.9 Å². The van der Waals surface area contributed by atoms with E-state index in [1.54, 1.807) is 23.7 Å². The molecule has 1 atom stereocenters. The molecular weight excluding hydrogens is 330 g/mol. The van der Waals surface area contributed by atoms with Crippen molar-refractivity contribution in [3.05, 3.63) is 65.4 Å². The van der Waals surface area contributed by atoms with E-state index in [9.17, 15) is 4.79 Å². The van der Waals surface area contributed by atoms with Gasteiger partial charge in [0.1, 0.15) is 5.01 Å². The van der Waals surface area contributed by atoms with Gasteiger partial charge in [-0.05, 0) is 43.5 Å². The average molecular weight is 349 g/mol. The number of carbonyl (C=O) groups is 1. The molecule has 1 aliphatic rings. The molecule has 1 amide bonds. The van der Waals surface area contributed by atoms with E-state index in [1.807, 2.05) is 40.6 Å². The number of hydrogen-bond acceptors (Lipinski definition) is 4. The van der Waals surface area contributed by atoms with Gasteiger partial charge in [0.2, 0.25) is 5.91 Å². The van der Waals surface area contributed by atoms with Crippen molar-refractivity contribution in [1.82, 2.24) is 9.97 Å². The van der Waals surface area contributed by atoms with Crippen molar-refractivity contribution >= 4 is 22.9 Å². The molecule has 4 nitrogen and oxygen atoms in total. The smallest absolute Gasteiger partial charge is 0.227 e. The van der Waals surface area contributed by atoms with Crippen LogP contribution in [0.25, 0.3) is 10.6 Å². The first-order valence-electron chi connectivity index (χ1n) is 8.47. The number of nitrogens with zero attached hydrogens (tertiary/aromatic N) is 3. The molecular formula is C20H19N3OS. The van der Waals surface area contributed by atoms with Crippen LogP contribution < -0.4 is 4.90 Å². The number of aromatic nitrogens is 2. The minimum atomic E-state index is 0.177. The van der Waals surface area contributed by atoms with Crippen molar-refractivity contribution in [3.8, 4) is 10.6 Å². The maximum Gasteiger partial charge on any atom is 0.227 e. The van der Waals surface area contributed by atoms with Crippen molar-refractivity contribution in [3.63, 3.8) is 0 Å². The van der Waals surface area contributed by atoms with Crippen molar-refractivity contribution < 1.29 is 4.79 Å². The molecule has 5 heteroatoms. The van der Waals surface area contributed by atoms with Gasteiger partial charge >= 0.3 is 0 Å². The summed E-state index contributed by atoms with van der Waals surface area (Å²) < 4.78 is 0. The fraction of sp³-hybridized carbons (Fsp3) is 0.250. The van der Waals surface area contributed by atoms with E-state index >= 15 is 0 Å². The van der Waals surface area contributed by atoms with Crippen LogP contribution in [0.2, 0.25) is 0 Å². The normalized spacial score (nSPS) is 16.0. The highest BCUT2D eigenvalue weighted by Gasteiger charge is 2.30. The molecule has 0 spiro atoms. The Hall–Kier alpha value is -2.53. The molecule has 4 rings (SSSR count). The quantitative estimate of drug-likeness (QED) is 0.712. The molecule has 0 saturated carbocycles. The molecule has 0 aliphatic carbocycles. The van der Waals surface area contributed by atoms with Gasteiger partial charge in [0.25, 0.3) is 0 Å². The summed E-state index contributed by atoms with van der Waals surface area (Å²) in [6.45, 7) is 2.11. The molecule has 1 aliphatic heterocycles. The number of aryl methyl sites for hydroxylation is 1. The molecule has 3 aromatic rings. The van der Waals surface area contributed by atoms with Crippen LogP contribution in [0.15, 0.2) is 54.2 Å². The lowest BCUT2D eigenvalue weighted by molar-refractivity contribution is -0.118. The fourth-order valence-corrected chi connectivity index (χ4v) is 4.21. The van der Waals surface area contributed by atoms with E-state index in [0.29, 0.717) is 12.8 Å². The monoisotopic (exact) mass is 349 g/mol. The summed E-state index contributed by atoms with van der Waals surface area (Å²) in [6.07, 6.45) is 5.63. The maximum atomic E-state index is 12.8. The fourth-order valence-electron chi connectivity index (χ4n) is 3.35. The third-order valence-electron chi connectivity index (χ3n) is 4.55. The Morgan fingerprint density at radius 3 is 2.88 bits per heavy atom. The lowest BCUT2D eigenvalue weighted by atomic mass is 10.1. The van der Waals surface area contributed by atoms with Gasteiger partial charge in [0, 0.05) is 41.5 Å². The lowest BCUT2D eigenvalue weighted by Gasteiger charge is -2.22. The molecule has 1 aromatic carbocycles. The summed E-state index contributed by atoms with van der Waals surface area (Å²) >= 11 is 1.61. The highest BCUT2D eigenvalue weighted by molar-refractivity contribution is 7.13. The Bertz CT molecular complexity index is 891. The van der Waals surface area contributed by atoms with Crippen LogP contribution in [0.4, 0.5) is 5.69 Å². The Labute approximate surface area is 151 Å². The number of thiazole rings is 1. The molecule has 126 valence electrons. The van der Waals surface area contributed by atoms with Gasteiger partial charge < -0.3 is 4.90 Å². The van der Waals surface area contributed by atoms with E-state index in [2.05, 4.69) is 23.0 Å².